The molecule has 0 saturated carbocycles. The largest absolute Gasteiger partial charge is 0.310 e. The van der Waals surface area contributed by atoms with Crippen molar-refractivity contribution in [1.82, 2.24) is 0 Å². The van der Waals surface area contributed by atoms with E-state index < -0.39 is 0 Å². The van der Waals surface area contributed by atoms with Gasteiger partial charge in [-0.3, -0.25) is 0 Å². The molecule has 0 spiro atoms. The smallest absolute Gasteiger partial charge is 0.100 e. The van der Waals surface area contributed by atoms with Gasteiger partial charge in [0.2, 0.25) is 0 Å². The van der Waals surface area contributed by atoms with E-state index in [0.29, 0.717) is 5.56 Å². The molecule has 0 saturated heterocycles. The molecular formula is C63H51N3. The number of hydrogen-bond acceptors (Lipinski definition) is 3. The van der Waals surface area contributed by atoms with Crippen molar-refractivity contribution in [2.24, 2.45) is 0 Å². The Morgan fingerprint density at radius 1 is 0.364 bits per heavy atom. The Kier molecular flexibility index (Phi) is 11.3. The molecular weight excluding hydrogens is 799 g/mol. The summed E-state index contributed by atoms with van der Waals surface area (Å²) in [4.78, 5) is 4.82. The van der Waals surface area contributed by atoms with Crippen LogP contribution in [0.4, 0.5) is 34.1 Å². The second-order valence-electron chi connectivity index (χ2n) is 17.8. The molecule has 0 fully saturated rings. The number of para-hydroxylation sites is 2. The van der Waals surface area contributed by atoms with Gasteiger partial charge >= 0.3 is 0 Å². The number of nitriles is 1. The van der Waals surface area contributed by atoms with E-state index >= 15 is 0 Å². The first-order valence-corrected chi connectivity index (χ1v) is 23.6. The maximum atomic E-state index is 10.5. The molecule has 0 unspecified atom stereocenters. The Bertz CT molecular complexity index is 3300. The van der Waals surface area contributed by atoms with E-state index in [4.69, 9.17) is 0 Å². The molecule has 0 amide bonds. The fraction of sp³-hybridized carbons (Fsp3) is 0.127. The molecule has 0 aromatic heterocycles. The first kappa shape index (κ1) is 40.8. The van der Waals surface area contributed by atoms with Gasteiger partial charge in [0.05, 0.1) is 5.56 Å². The zero-order valence-electron chi connectivity index (χ0n) is 37.2. The first-order chi connectivity index (χ1) is 32.7. The van der Waals surface area contributed by atoms with Crippen LogP contribution in [0, 0.1) is 11.3 Å². The maximum Gasteiger partial charge on any atom is 0.100 e. The van der Waals surface area contributed by atoms with Crippen molar-refractivity contribution < 1.29 is 0 Å². The van der Waals surface area contributed by atoms with Gasteiger partial charge in [0.15, 0.2) is 0 Å². The van der Waals surface area contributed by atoms with Crippen LogP contribution >= 0.6 is 0 Å². The third-order valence-electron chi connectivity index (χ3n) is 13.6. The highest BCUT2D eigenvalue weighted by Gasteiger charge is 2.22. The van der Waals surface area contributed by atoms with Crippen molar-refractivity contribution in [2.75, 3.05) is 9.80 Å². The van der Waals surface area contributed by atoms with Crippen LogP contribution < -0.4 is 9.80 Å². The SMILES string of the molecule is N#Cc1c2ccc(C=Cc3ccc(N(c4ccccc4)c4cccc5c4CCCC5)cc3)cc2cc2ccc(C=Cc3ccc(N(c4ccccc4)c4cccc5c4CCCC5)cc3)cc12. The highest BCUT2D eigenvalue weighted by atomic mass is 15.1. The molecule has 9 aromatic carbocycles. The number of nitrogens with zero attached hydrogens (tertiary/aromatic N) is 3. The predicted octanol–water partition coefficient (Wildman–Crippen LogP) is 16.9. The first-order valence-electron chi connectivity index (χ1n) is 23.6. The second kappa shape index (κ2) is 18.3. The minimum Gasteiger partial charge on any atom is -0.310 e. The van der Waals surface area contributed by atoms with Crippen LogP contribution in [0.25, 0.3) is 45.8 Å². The summed E-state index contributed by atoms with van der Waals surface area (Å²) in [6.07, 6.45) is 18.2. The van der Waals surface area contributed by atoms with Gasteiger partial charge in [0, 0.05) is 44.9 Å². The van der Waals surface area contributed by atoms with E-state index in [1.54, 1.807) is 0 Å². The number of rotatable bonds is 10. The van der Waals surface area contributed by atoms with Crippen LogP contribution in [-0.4, -0.2) is 0 Å². The van der Waals surface area contributed by atoms with E-state index in [1.807, 2.05) is 0 Å². The van der Waals surface area contributed by atoms with Gasteiger partial charge in [0.25, 0.3) is 0 Å². The Morgan fingerprint density at radius 3 is 1.35 bits per heavy atom. The van der Waals surface area contributed by atoms with Gasteiger partial charge in [0.1, 0.15) is 6.07 Å². The zero-order chi connectivity index (χ0) is 44.2. The van der Waals surface area contributed by atoms with Crippen molar-refractivity contribution in [2.45, 2.75) is 51.4 Å². The van der Waals surface area contributed by atoms with E-state index in [1.165, 1.54) is 70.7 Å². The molecule has 11 rings (SSSR count). The lowest BCUT2D eigenvalue weighted by molar-refractivity contribution is 0.686. The monoisotopic (exact) mass is 849 g/mol. The van der Waals surface area contributed by atoms with E-state index in [0.717, 1.165) is 80.9 Å². The fourth-order valence-corrected chi connectivity index (χ4v) is 10.3. The topological polar surface area (TPSA) is 30.3 Å². The molecule has 0 bridgehead atoms. The quantitative estimate of drug-likeness (QED) is 0.101. The minimum atomic E-state index is 0.708. The summed E-state index contributed by atoms with van der Waals surface area (Å²) < 4.78 is 0. The van der Waals surface area contributed by atoms with E-state index in [-0.39, 0.29) is 0 Å². The van der Waals surface area contributed by atoms with Gasteiger partial charge < -0.3 is 9.80 Å². The molecule has 2 aliphatic rings. The van der Waals surface area contributed by atoms with Crippen LogP contribution in [0.3, 0.4) is 0 Å². The molecule has 0 N–H and O–H groups in total. The Hall–Kier alpha value is -7.93. The van der Waals surface area contributed by atoms with Crippen LogP contribution in [0.15, 0.2) is 188 Å². The summed E-state index contributed by atoms with van der Waals surface area (Å²) in [6, 6.07) is 70.4. The van der Waals surface area contributed by atoms with Crippen molar-refractivity contribution in [3.05, 3.63) is 238 Å². The van der Waals surface area contributed by atoms with Gasteiger partial charge in [-0.05, 0) is 186 Å². The number of anilines is 6. The van der Waals surface area contributed by atoms with Crippen molar-refractivity contribution in [3.63, 3.8) is 0 Å². The molecule has 9 aromatic rings. The van der Waals surface area contributed by atoms with Crippen molar-refractivity contribution in [1.29, 1.82) is 5.26 Å². The highest BCUT2D eigenvalue weighted by Crippen LogP contribution is 2.42. The number of aryl methyl sites for hydroxylation is 2. The molecule has 3 nitrogen and oxygen atoms in total. The summed E-state index contributed by atoms with van der Waals surface area (Å²) in [5.74, 6) is 0. The highest BCUT2D eigenvalue weighted by molar-refractivity contribution is 6.05. The zero-order valence-corrected chi connectivity index (χ0v) is 37.2. The van der Waals surface area contributed by atoms with Crippen LogP contribution in [-0.2, 0) is 25.7 Å². The fourth-order valence-electron chi connectivity index (χ4n) is 10.3. The summed E-state index contributed by atoms with van der Waals surface area (Å²) >= 11 is 0. The number of hydrogen-bond donors (Lipinski definition) is 0. The van der Waals surface area contributed by atoms with Gasteiger partial charge in [-0.1, -0.05) is 133 Å². The van der Waals surface area contributed by atoms with Gasteiger partial charge in [-0.15, -0.1) is 0 Å². The normalized spacial score (nSPS) is 13.4. The van der Waals surface area contributed by atoms with E-state index in [2.05, 4.69) is 228 Å². The maximum absolute atomic E-state index is 10.5. The summed E-state index contributed by atoms with van der Waals surface area (Å²) in [6.45, 7) is 0. The molecule has 0 heterocycles. The lowest BCUT2D eigenvalue weighted by Gasteiger charge is -2.30. The third-order valence-corrected chi connectivity index (χ3v) is 13.6. The Morgan fingerprint density at radius 2 is 0.818 bits per heavy atom. The minimum absolute atomic E-state index is 0.708. The lowest BCUT2D eigenvalue weighted by Crippen LogP contribution is -2.15. The summed E-state index contributed by atoms with van der Waals surface area (Å²) in [5, 5.41) is 14.6. The Labute approximate surface area is 388 Å². The van der Waals surface area contributed by atoms with E-state index in [9.17, 15) is 5.26 Å². The van der Waals surface area contributed by atoms with Crippen molar-refractivity contribution in [3.8, 4) is 6.07 Å². The van der Waals surface area contributed by atoms with Crippen LogP contribution in [0.2, 0.25) is 0 Å². The molecule has 3 heteroatoms. The number of fused-ring (bicyclic) bond motifs is 4. The van der Waals surface area contributed by atoms with Crippen LogP contribution in [0.1, 0.15) is 75.8 Å². The van der Waals surface area contributed by atoms with Crippen LogP contribution in [0.5, 0.6) is 0 Å². The average molecular weight is 850 g/mol. The molecule has 66 heavy (non-hydrogen) atoms. The number of benzene rings is 9. The predicted molar refractivity (Wildman–Crippen MR) is 280 cm³/mol. The summed E-state index contributed by atoms with van der Waals surface area (Å²) in [7, 11) is 0. The molecule has 0 aliphatic heterocycles. The molecule has 0 atom stereocenters. The average Bonchev–Trinajstić information content (AvgIpc) is 3.38. The molecule has 0 radical (unpaired) electrons. The third kappa shape index (κ3) is 8.19. The summed E-state index contributed by atoms with van der Waals surface area (Å²) in [5.41, 5.74) is 18.2. The standard InChI is InChI=1S/C63H51N3/c64-44-61-57-40-34-47(27-25-45-30-36-55(37-31-45)65(53-17-3-1-4-18-53)62-23-11-15-49-13-7-9-21-58(49)62)41-52(57)43-51-35-29-48(42-60(51)61)28-26-46-32-38-56(39-33-46)66(54-19-5-2-6-20-54)63-24-12-16-50-14-8-10-22-59(50)63/h1-6,11-12,15-20,23-43H,7-10,13-14,21-22H2. The lowest BCUT2D eigenvalue weighted by atomic mass is 9.90. The second-order valence-corrected chi connectivity index (χ2v) is 17.8. The molecule has 318 valence electrons. The molecule has 2 aliphatic carbocycles. The van der Waals surface area contributed by atoms with Gasteiger partial charge in [-0.2, -0.15) is 5.26 Å². The van der Waals surface area contributed by atoms with Gasteiger partial charge in [-0.25, -0.2) is 0 Å². The Balaban J connectivity index is 0.828. The van der Waals surface area contributed by atoms with Crippen molar-refractivity contribution >= 4 is 80.0 Å².